The molecular formula is C18H19ClO3. The van der Waals surface area contributed by atoms with Crippen LogP contribution in [0.4, 0.5) is 0 Å². The Morgan fingerprint density at radius 3 is 2.32 bits per heavy atom. The number of unbranched alkanes of at least 4 members (excludes halogenated alkanes) is 1. The summed E-state index contributed by atoms with van der Waals surface area (Å²) >= 11 is 6.09. The molecule has 2 rings (SSSR count). The molecule has 0 aliphatic rings. The topological polar surface area (TPSA) is 35.5 Å². The highest BCUT2D eigenvalue weighted by atomic mass is 35.5. The highest BCUT2D eigenvalue weighted by molar-refractivity contribution is 6.32. The maximum absolute atomic E-state index is 11.6. The molecule has 0 aliphatic carbocycles. The molecular weight excluding hydrogens is 300 g/mol. The van der Waals surface area contributed by atoms with E-state index in [-0.39, 0.29) is 5.78 Å². The van der Waals surface area contributed by atoms with Gasteiger partial charge in [0.15, 0.2) is 5.78 Å². The number of Topliss-reactive ketones (excluding diaryl/α,β-unsaturated/α-hetero) is 1. The van der Waals surface area contributed by atoms with Crippen LogP contribution in [0.5, 0.6) is 11.5 Å². The van der Waals surface area contributed by atoms with E-state index < -0.39 is 0 Å². The average molecular weight is 319 g/mol. The Morgan fingerprint density at radius 1 is 0.955 bits per heavy atom. The minimum atomic E-state index is -0.0510. The van der Waals surface area contributed by atoms with Crippen LogP contribution in [0.3, 0.4) is 0 Å². The number of hydrogen-bond donors (Lipinski definition) is 0. The molecule has 0 atom stereocenters. The van der Waals surface area contributed by atoms with Crippen LogP contribution in [0.1, 0.15) is 30.1 Å². The summed E-state index contributed by atoms with van der Waals surface area (Å²) in [6.45, 7) is 2.64. The minimum absolute atomic E-state index is 0.0510. The van der Waals surface area contributed by atoms with E-state index >= 15 is 0 Å². The number of hydrogen-bond acceptors (Lipinski definition) is 3. The van der Waals surface area contributed by atoms with Gasteiger partial charge in [0.1, 0.15) is 11.5 Å². The zero-order valence-corrected chi connectivity index (χ0v) is 13.3. The van der Waals surface area contributed by atoms with Crippen LogP contribution in [0.2, 0.25) is 5.02 Å². The van der Waals surface area contributed by atoms with Crippen molar-refractivity contribution in [3.05, 3.63) is 59.1 Å². The predicted molar refractivity (Wildman–Crippen MR) is 88.1 cm³/mol. The number of benzene rings is 2. The number of rotatable bonds is 8. The van der Waals surface area contributed by atoms with E-state index in [4.69, 9.17) is 21.1 Å². The first-order chi connectivity index (χ1) is 10.7. The van der Waals surface area contributed by atoms with Gasteiger partial charge in [0.05, 0.1) is 23.8 Å². The Labute approximate surface area is 135 Å². The van der Waals surface area contributed by atoms with Crippen LogP contribution < -0.4 is 9.47 Å². The van der Waals surface area contributed by atoms with Gasteiger partial charge < -0.3 is 9.47 Å². The highest BCUT2D eigenvalue weighted by Gasteiger charge is 2.11. The van der Waals surface area contributed by atoms with Gasteiger partial charge in [-0.05, 0) is 44.0 Å². The van der Waals surface area contributed by atoms with Crippen LogP contribution in [0.25, 0.3) is 0 Å². The van der Waals surface area contributed by atoms with Crippen molar-refractivity contribution in [1.29, 1.82) is 0 Å². The van der Waals surface area contributed by atoms with Gasteiger partial charge in [-0.15, -0.1) is 0 Å². The second kappa shape index (κ2) is 8.44. The highest BCUT2D eigenvalue weighted by Crippen LogP contribution is 2.29. The summed E-state index contributed by atoms with van der Waals surface area (Å²) in [6, 6.07) is 14.9. The quantitative estimate of drug-likeness (QED) is 0.519. The fourth-order valence-electron chi connectivity index (χ4n) is 2.02. The van der Waals surface area contributed by atoms with E-state index in [0.717, 1.165) is 18.6 Å². The standard InChI is InChI=1S/C18H19ClO3/c1-14(20)16-10-7-11-17(19)18(16)22-13-6-5-12-21-15-8-3-2-4-9-15/h2-4,7-11H,5-6,12-13H2,1H3. The Bertz CT molecular complexity index is 611. The summed E-state index contributed by atoms with van der Waals surface area (Å²) < 4.78 is 11.3. The summed E-state index contributed by atoms with van der Waals surface area (Å²) in [5.41, 5.74) is 0.521. The van der Waals surface area contributed by atoms with E-state index in [0.29, 0.717) is 29.5 Å². The lowest BCUT2D eigenvalue weighted by Crippen LogP contribution is -2.05. The maximum atomic E-state index is 11.6. The van der Waals surface area contributed by atoms with Gasteiger partial charge in [-0.1, -0.05) is 35.9 Å². The molecule has 4 heteroatoms. The van der Waals surface area contributed by atoms with Gasteiger partial charge in [0, 0.05) is 0 Å². The minimum Gasteiger partial charge on any atom is -0.494 e. The van der Waals surface area contributed by atoms with E-state index in [9.17, 15) is 4.79 Å². The fourth-order valence-corrected chi connectivity index (χ4v) is 2.25. The lowest BCUT2D eigenvalue weighted by atomic mass is 10.1. The van der Waals surface area contributed by atoms with Gasteiger partial charge in [-0.25, -0.2) is 0 Å². The normalized spacial score (nSPS) is 10.3. The largest absolute Gasteiger partial charge is 0.494 e. The second-order valence-corrected chi connectivity index (χ2v) is 5.30. The molecule has 0 N–H and O–H groups in total. The van der Waals surface area contributed by atoms with Gasteiger partial charge in [-0.3, -0.25) is 4.79 Å². The van der Waals surface area contributed by atoms with Gasteiger partial charge in [0.25, 0.3) is 0 Å². The number of halogens is 1. The van der Waals surface area contributed by atoms with Crippen molar-refractivity contribution in [2.45, 2.75) is 19.8 Å². The third-order valence-electron chi connectivity index (χ3n) is 3.14. The first kappa shape index (κ1) is 16.4. The number of carbonyl (C=O) groups is 1. The molecule has 0 amide bonds. The molecule has 0 spiro atoms. The van der Waals surface area contributed by atoms with Crippen molar-refractivity contribution < 1.29 is 14.3 Å². The summed E-state index contributed by atoms with van der Waals surface area (Å²) in [5, 5.41) is 0.466. The molecule has 0 fully saturated rings. The third-order valence-corrected chi connectivity index (χ3v) is 3.44. The second-order valence-electron chi connectivity index (χ2n) is 4.89. The average Bonchev–Trinajstić information content (AvgIpc) is 2.52. The predicted octanol–water partition coefficient (Wildman–Crippen LogP) is 4.78. The SMILES string of the molecule is CC(=O)c1cccc(Cl)c1OCCCCOc1ccccc1. The molecule has 0 bridgehead atoms. The molecule has 2 aromatic carbocycles. The van der Waals surface area contributed by atoms with Crippen LogP contribution in [0, 0.1) is 0 Å². The van der Waals surface area contributed by atoms with Crippen LogP contribution >= 0.6 is 11.6 Å². The molecule has 2 aromatic rings. The van der Waals surface area contributed by atoms with Crippen molar-refractivity contribution in [3.8, 4) is 11.5 Å². The van der Waals surface area contributed by atoms with E-state index in [1.807, 2.05) is 30.3 Å². The smallest absolute Gasteiger partial charge is 0.163 e. The number of para-hydroxylation sites is 2. The molecule has 22 heavy (non-hydrogen) atoms. The monoisotopic (exact) mass is 318 g/mol. The molecule has 0 radical (unpaired) electrons. The van der Waals surface area contributed by atoms with E-state index in [1.54, 1.807) is 18.2 Å². The first-order valence-corrected chi connectivity index (χ1v) is 7.66. The molecule has 3 nitrogen and oxygen atoms in total. The van der Waals surface area contributed by atoms with Crippen LogP contribution in [-0.2, 0) is 0 Å². The maximum Gasteiger partial charge on any atom is 0.163 e. The van der Waals surface area contributed by atoms with Crippen molar-refractivity contribution in [2.24, 2.45) is 0 Å². The Kier molecular flexibility index (Phi) is 6.28. The van der Waals surface area contributed by atoms with Crippen molar-refractivity contribution in [3.63, 3.8) is 0 Å². The zero-order valence-electron chi connectivity index (χ0n) is 12.5. The first-order valence-electron chi connectivity index (χ1n) is 7.28. The lowest BCUT2D eigenvalue weighted by Gasteiger charge is -2.11. The van der Waals surface area contributed by atoms with Gasteiger partial charge in [-0.2, -0.15) is 0 Å². The molecule has 0 saturated heterocycles. The van der Waals surface area contributed by atoms with Gasteiger partial charge >= 0.3 is 0 Å². The lowest BCUT2D eigenvalue weighted by molar-refractivity contribution is 0.101. The van der Waals surface area contributed by atoms with E-state index in [1.165, 1.54) is 6.92 Å². The molecule has 0 unspecified atom stereocenters. The summed E-state index contributed by atoms with van der Waals surface area (Å²) in [7, 11) is 0. The Balaban J connectivity index is 1.74. The Hall–Kier alpha value is -2.00. The number of ether oxygens (including phenoxy) is 2. The number of ketones is 1. The van der Waals surface area contributed by atoms with Crippen molar-refractivity contribution in [1.82, 2.24) is 0 Å². The number of carbonyl (C=O) groups excluding carboxylic acids is 1. The third kappa shape index (κ3) is 4.78. The van der Waals surface area contributed by atoms with Crippen molar-refractivity contribution in [2.75, 3.05) is 13.2 Å². The summed E-state index contributed by atoms with van der Waals surface area (Å²) in [4.78, 5) is 11.6. The summed E-state index contributed by atoms with van der Waals surface area (Å²) in [5.74, 6) is 1.29. The van der Waals surface area contributed by atoms with Crippen molar-refractivity contribution >= 4 is 17.4 Å². The van der Waals surface area contributed by atoms with Crippen LogP contribution in [-0.4, -0.2) is 19.0 Å². The molecule has 0 heterocycles. The van der Waals surface area contributed by atoms with E-state index in [2.05, 4.69) is 0 Å². The molecule has 116 valence electrons. The van der Waals surface area contributed by atoms with Gasteiger partial charge in [0.2, 0.25) is 0 Å². The fraction of sp³-hybridized carbons (Fsp3) is 0.278. The molecule has 0 aromatic heterocycles. The van der Waals surface area contributed by atoms with Crippen LogP contribution in [0.15, 0.2) is 48.5 Å². The zero-order chi connectivity index (χ0) is 15.8. The Morgan fingerprint density at radius 2 is 1.64 bits per heavy atom. The molecule has 0 aliphatic heterocycles. The molecule has 0 saturated carbocycles. The summed E-state index contributed by atoms with van der Waals surface area (Å²) in [6.07, 6.45) is 1.70.